The van der Waals surface area contributed by atoms with Crippen molar-refractivity contribution in [2.24, 2.45) is 5.41 Å². The second-order valence-corrected chi connectivity index (χ2v) is 7.00. The lowest BCUT2D eigenvalue weighted by molar-refractivity contribution is -0.150. The normalized spacial score (nSPS) is 19.2. The van der Waals surface area contributed by atoms with E-state index in [1.54, 1.807) is 29.2 Å². The van der Waals surface area contributed by atoms with Crippen LogP contribution in [0.25, 0.3) is 0 Å². The van der Waals surface area contributed by atoms with E-state index in [1.165, 1.54) is 0 Å². The van der Waals surface area contributed by atoms with Crippen LogP contribution in [0.5, 0.6) is 0 Å². The zero-order chi connectivity index (χ0) is 18.6. The predicted octanol–water partition coefficient (Wildman–Crippen LogP) is 2.13. The number of benzene rings is 1. The Morgan fingerprint density at radius 2 is 1.85 bits per heavy atom. The van der Waals surface area contributed by atoms with Gasteiger partial charge in [-0.05, 0) is 31.0 Å². The number of carboxylic acid groups (broad SMARTS) is 1. The summed E-state index contributed by atoms with van der Waals surface area (Å²) >= 11 is 0. The fourth-order valence-electron chi connectivity index (χ4n) is 3.71. The number of carbonyl (C=O) groups is 3. The molecule has 1 aromatic carbocycles. The van der Waals surface area contributed by atoms with E-state index in [1.807, 2.05) is 0 Å². The number of anilines is 1. The summed E-state index contributed by atoms with van der Waals surface area (Å²) in [7, 11) is 0. The molecule has 7 heteroatoms. The maximum Gasteiger partial charge on any atom is 0.310 e. The molecule has 1 saturated heterocycles. The molecule has 3 rings (SSSR count). The fraction of sp³-hybridized carbons (Fsp3) is 0.526. The van der Waals surface area contributed by atoms with Crippen molar-refractivity contribution in [2.45, 2.75) is 32.1 Å². The van der Waals surface area contributed by atoms with Gasteiger partial charge in [-0.15, -0.1) is 0 Å². The van der Waals surface area contributed by atoms with Crippen LogP contribution in [0.3, 0.4) is 0 Å². The fourth-order valence-corrected chi connectivity index (χ4v) is 3.71. The summed E-state index contributed by atoms with van der Waals surface area (Å²) in [5.74, 6) is -1.33. The highest BCUT2D eigenvalue weighted by Crippen LogP contribution is 2.41. The predicted molar refractivity (Wildman–Crippen MR) is 94.9 cm³/mol. The number of carboxylic acids is 1. The lowest BCUT2D eigenvalue weighted by atomic mass is 9.82. The van der Waals surface area contributed by atoms with Crippen LogP contribution >= 0.6 is 0 Å². The summed E-state index contributed by atoms with van der Waals surface area (Å²) in [5, 5.41) is 12.2. The average Bonchev–Trinajstić information content (AvgIpc) is 3.12. The molecule has 2 fully saturated rings. The molecule has 1 heterocycles. The lowest BCUT2D eigenvalue weighted by Gasteiger charge is -2.27. The number of morpholine rings is 1. The summed E-state index contributed by atoms with van der Waals surface area (Å²) < 4.78 is 5.26. The van der Waals surface area contributed by atoms with Gasteiger partial charge in [-0.25, -0.2) is 0 Å². The Balaban J connectivity index is 1.65. The largest absolute Gasteiger partial charge is 0.481 e. The van der Waals surface area contributed by atoms with Gasteiger partial charge >= 0.3 is 5.97 Å². The minimum atomic E-state index is -0.953. The van der Waals surface area contributed by atoms with Crippen LogP contribution in [-0.4, -0.2) is 54.1 Å². The first kappa shape index (κ1) is 18.4. The SMILES string of the molecule is O=C(CC1(C(=O)O)CCCC1)Nc1cccc(C(=O)N2CCOCC2)c1. The molecule has 2 aliphatic rings. The van der Waals surface area contributed by atoms with E-state index in [0.717, 1.165) is 12.8 Å². The standard InChI is InChI=1S/C19H24N2O5/c22-16(13-19(18(24)25)6-1-2-7-19)20-15-5-3-4-14(12-15)17(23)21-8-10-26-11-9-21/h3-5,12H,1-2,6-11,13H2,(H,20,22)(H,24,25). The lowest BCUT2D eigenvalue weighted by Crippen LogP contribution is -2.40. The molecule has 26 heavy (non-hydrogen) atoms. The number of amides is 2. The maximum atomic E-state index is 12.5. The van der Waals surface area contributed by atoms with Crippen LogP contribution < -0.4 is 5.32 Å². The highest BCUT2D eigenvalue weighted by atomic mass is 16.5. The van der Waals surface area contributed by atoms with Crippen molar-refractivity contribution >= 4 is 23.5 Å². The summed E-state index contributed by atoms with van der Waals surface area (Å²) in [6.07, 6.45) is 2.70. The van der Waals surface area contributed by atoms with Crippen molar-refractivity contribution in [3.63, 3.8) is 0 Å². The smallest absolute Gasteiger partial charge is 0.310 e. The number of ether oxygens (including phenoxy) is 1. The molecule has 7 nitrogen and oxygen atoms in total. The van der Waals surface area contributed by atoms with E-state index in [0.29, 0.717) is 50.4 Å². The van der Waals surface area contributed by atoms with E-state index in [4.69, 9.17) is 4.74 Å². The van der Waals surface area contributed by atoms with Crippen LogP contribution in [0.1, 0.15) is 42.5 Å². The Kier molecular flexibility index (Phi) is 5.56. The highest BCUT2D eigenvalue weighted by Gasteiger charge is 2.42. The van der Waals surface area contributed by atoms with Crippen LogP contribution in [0, 0.1) is 5.41 Å². The molecule has 0 unspecified atom stereocenters. The van der Waals surface area contributed by atoms with Gasteiger partial charge in [0.15, 0.2) is 0 Å². The van der Waals surface area contributed by atoms with Gasteiger partial charge in [-0.3, -0.25) is 14.4 Å². The first-order valence-electron chi connectivity index (χ1n) is 9.00. The third-order valence-corrected chi connectivity index (χ3v) is 5.20. The topological polar surface area (TPSA) is 95.9 Å². The average molecular weight is 360 g/mol. The first-order valence-corrected chi connectivity index (χ1v) is 9.00. The number of hydrogen-bond acceptors (Lipinski definition) is 4. The summed E-state index contributed by atoms with van der Waals surface area (Å²) in [6.45, 7) is 2.16. The molecule has 140 valence electrons. The minimum Gasteiger partial charge on any atom is -0.481 e. The summed E-state index contributed by atoms with van der Waals surface area (Å²) in [6, 6.07) is 6.77. The number of hydrogen-bond donors (Lipinski definition) is 2. The van der Waals surface area contributed by atoms with Crippen molar-refractivity contribution in [1.29, 1.82) is 0 Å². The maximum absolute atomic E-state index is 12.5. The molecule has 1 aliphatic heterocycles. The Morgan fingerprint density at radius 1 is 1.15 bits per heavy atom. The zero-order valence-corrected chi connectivity index (χ0v) is 14.7. The molecule has 2 amide bonds. The second-order valence-electron chi connectivity index (χ2n) is 7.00. The van der Waals surface area contributed by atoms with Crippen molar-refractivity contribution in [1.82, 2.24) is 4.90 Å². The third-order valence-electron chi connectivity index (χ3n) is 5.20. The minimum absolute atomic E-state index is 0.0377. The van der Waals surface area contributed by atoms with E-state index in [-0.39, 0.29) is 18.2 Å². The molecule has 1 saturated carbocycles. The van der Waals surface area contributed by atoms with E-state index >= 15 is 0 Å². The molecule has 2 N–H and O–H groups in total. The molecular weight excluding hydrogens is 336 g/mol. The Hall–Kier alpha value is -2.41. The Labute approximate surface area is 152 Å². The second kappa shape index (κ2) is 7.86. The van der Waals surface area contributed by atoms with E-state index in [9.17, 15) is 19.5 Å². The van der Waals surface area contributed by atoms with E-state index in [2.05, 4.69) is 5.32 Å². The van der Waals surface area contributed by atoms with Crippen molar-refractivity contribution in [3.05, 3.63) is 29.8 Å². The van der Waals surface area contributed by atoms with Crippen LogP contribution in [0.2, 0.25) is 0 Å². The number of rotatable bonds is 5. The van der Waals surface area contributed by atoms with Crippen molar-refractivity contribution in [3.8, 4) is 0 Å². The molecular formula is C19H24N2O5. The molecule has 0 radical (unpaired) electrons. The van der Waals surface area contributed by atoms with E-state index < -0.39 is 11.4 Å². The zero-order valence-electron chi connectivity index (χ0n) is 14.7. The van der Waals surface area contributed by atoms with Crippen molar-refractivity contribution < 1.29 is 24.2 Å². The molecule has 0 atom stereocenters. The monoisotopic (exact) mass is 360 g/mol. The Morgan fingerprint density at radius 3 is 2.50 bits per heavy atom. The van der Waals surface area contributed by atoms with Gasteiger partial charge in [-0.2, -0.15) is 0 Å². The molecule has 1 aromatic rings. The molecule has 0 spiro atoms. The quantitative estimate of drug-likeness (QED) is 0.839. The van der Waals surface area contributed by atoms with Gasteiger partial charge in [0.2, 0.25) is 5.91 Å². The number of nitrogens with one attached hydrogen (secondary N) is 1. The molecule has 0 bridgehead atoms. The summed E-state index contributed by atoms with van der Waals surface area (Å²) in [5.41, 5.74) is 0.0526. The van der Waals surface area contributed by atoms with Gasteiger partial charge < -0.3 is 20.1 Å². The van der Waals surface area contributed by atoms with Gasteiger partial charge in [0.25, 0.3) is 5.91 Å². The van der Waals surface area contributed by atoms with Gasteiger partial charge in [-0.1, -0.05) is 18.9 Å². The molecule has 1 aliphatic carbocycles. The van der Waals surface area contributed by atoms with Gasteiger partial charge in [0.1, 0.15) is 0 Å². The van der Waals surface area contributed by atoms with Gasteiger partial charge in [0.05, 0.1) is 18.6 Å². The van der Waals surface area contributed by atoms with Crippen LogP contribution in [0.4, 0.5) is 5.69 Å². The molecule has 0 aromatic heterocycles. The Bertz CT molecular complexity index is 691. The first-order chi connectivity index (χ1) is 12.5. The van der Waals surface area contributed by atoms with Crippen molar-refractivity contribution in [2.75, 3.05) is 31.6 Å². The van der Waals surface area contributed by atoms with Gasteiger partial charge in [0, 0.05) is 30.8 Å². The third kappa shape index (κ3) is 4.04. The summed E-state index contributed by atoms with van der Waals surface area (Å²) in [4.78, 5) is 38.2. The van der Waals surface area contributed by atoms with Crippen LogP contribution in [-0.2, 0) is 14.3 Å². The van der Waals surface area contributed by atoms with Crippen LogP contribution in [0.15, 0.2) is 24.3 Å². The highest BCUT2D eigenvalue weighted by molar-refractivity contribution is 5.98. The number of carbonyl (C=O) groups excluding carboxylic acids is 2. The number of aliphatic carboxylic acids is 1. The number of nitrogens with zero attached hydrogens (tertiary/aromatic N) is 1.